The summed E-state index contributed by atoms with van der Waals surface area (Å²) in [6.07, 6.45) is 2.12. The molecule has 0 amide bonds. The third kappa shape index (κ3) is 8.49. The summed E-state index contributed by atoms with van der Waals surface area (Å²) >= 11 is 0. The minimum Gasteiger partial charge on any atom is -0.508 e. The summed E-state index contributed by atoms with van der Waals surface area (Å²) in [5, 5.41) is 9.01. The van der Waals surface area contributed by atoms with Gasteiger partial charge in [0.2, 0.25) is 0 Å². The second kappa shape index (κ2) is 12.4. The van der Waals surface area contributed by atoms with Gasteiger partial charge in [0, 0.05) is 6.61 Å². The molecule has 0 fully saturated rings. The second-order valence-electron chi connectivity index (χ2n) is 6.92. The van der Waals surface area contributed by atoms with Crippen molar-refractivity contribution in [1.82, 2.24) is 0 Å². The molecule has 0 saturated heterocycles. The van der Waals surface area contributed by atoms with Crippen LogP contribution in [-0.2, 0) is 4.74 Å². The van der Waals surface area contributed by atoms with E-state index in [1.807, 2.05) is 38.1 Å². The molecule has 150 valence electrons. The molecule has 1 N–H and O–H groups in total. The average molecular weight is 373 g/mol. The van der Waals surface area contributed by atoms with Gasteiger partial charge in [-0.25, -0.2) is 0 Å². The Labute approximate surface area is 165 Å². The van der Waals surface area contributed by atoms with E-state index in [9.17, 15) is 0 Å². The summed E-state index contributed by atoms with van der Waals surface area (Å²) in [6, 6.07) is 15.7. The fourth-order valence-electron chi connectivity index (χ4n) is 2.61. The molecule has 0 heterocycles. The van der Waals surface area contributed by atoms with Gasteiger partial charge in [0.15, 0.2) is 6.29 Å². The SMILES string of the molecule is CCC(C)c1ccc(O)cc1.CCOC(C)Oc1ccc(C(C)CC)cc1. The topological polar surface area (TPSA) is 38.7 Å². The first-order chi connectivity index (χ1) is 12.9. The van der Waals surface area contributed by atoms with Crippen LogP contribution in [0.4, 0.5) is 0 Å². The molecule has 3 nitrogen and oxygen atoms in total. The first-order valence-electron chi connectivity index (χ1n) is 10.1. The summed E-state index contributed by atoms with van der Waals surface area (Å²) in [5.41, 5.74) is 2.66. The van der Waals surface area contributed by atoms with Gasteiger partial charge in [-0.05, 0) is 73.9 Å². The Morgan fingerprint density at radius 1 is 0.741 bits per heavy atom. The summed E-state index contributed by atoms with van der Waals surface area (Å²) in [7, 11) is 0. The molecule has 0 aromatic heterocycles. The predicted octanol–water partition coefficient (Wildman–Crippen LogP) is 6.87. The third-order valence-electron chi connectivity index (χ3n) is 4.84. The largest absolute Gasteiger partial charge is 0.508 e. The lowest BCUT2D eigenvalue weighted by molar-refractivity contribution is -0.0613. The van der Waals surface area contributed by atoms with E-state index in [0.717, 1.165) is 18.6 Å². The number of ether oxygens (including phenoxy) is 2. The molecule has 0 saturated carbocycles. The van der Waals surface area contributed by atoms with Crippen LogP contribution in [0.25, 0.3) is 0 Å². The van der Waals surface area contributed by atoms with Gasteiger partial charge >= 0.3 is 0 Å². The van der Waals surface area contributed by atoms with Crippen LogP contribution in [-0.4, -0.2) is 18.0 Å². The first-order valence-corrected chi connectivity index (χ1v) is 10.1. The molecule has 0 bridgehead atoms. The maximum Gasteiger partial charge on any atom is 0.196 e. The molecule has 0 radical (unpaired) electrons. The average Bonchev–Trinajstić information content (AvgIpc) is 2.68. The van der Waals surface area contributed by atoms with E-state index in [4.69, 9.17) is 14.6 Å². The molecule has 27 heavy (non-hydrogen) atoms. The summed E-state index contributed by atoms with van der Waals surface area (Å²) in [4.78, 5) is 0. The number of hydrogen-bond acceptors (Lipinski definition) is 3. The van der Waals surface area contributed by atoms with Crippen LogP contribution in [0.15, 0.2) is 48.5 Å². The van der Waals surface area contributed by atoms with Gasteiger partial charge in [-0.3, -0.25) is 0 Å². The Bertz CT molecular complexity index is 619. The van der Waals surface area contributed by atoms with Crippen molar-refractivity contribution in [3.05, 3.63) is 59.7 Å². The second-order valence-corrected chi connectivity index (χ2v) is 6.92. The molecular weight excluding hydrogens is 336 g/mol. The Balaban J connectivity index is 0.000000289. The first kappa shape index (κ1) is 23.0. The van der Waals surface area contributed by atoms with E-state index in [0.29, 0.717) is 24.2 Å². The fraction of sp³-hybridized carbons (Fsp3) is 0.500. The van der Waals surface area contributed by atoms with Crippen LogP contribution in [0.1, 0.15) is 77.3 Å². The van der Waals surface area contributed by atoms with E-state index >= 15 is 0 Å². The zero-order chi connectivity index (χ0) is 20.2. The molecular formula is C24H36O3. The van der Waals surface area contributed by atoms with E-state index in [-0.39, 0.29) is 6.29 Å². The molecule has 3 atom stereocenters. The molecule has 0 spiro atoms. The fourth-order valence-corrected chi connectivity index (χ4v) is 2.61. The molecule has 0 aliphatic rings. The highest BCUT2D eigenvalue weighted by molar-refractivity contribution is 5.29. The summed E-state index contributed by atoms with van der Waals surface area (Å²) in [5.74, 6) is 2.42. The van der Waals surface area contributed by atoms with Crippen LogP contribution in [0.5, 0.6) is 11.5 Å². The normalized spacial score (nSPS) is 13.9. The minimum absolute atomic E-state index is 0.181. The summed E-state index contributed by atoms with van der Waals surface area (Å²) < 4.78 is 10.9. The highest BCUT2D eigenvalue weighted by Crippen LogP contribution is 2.22. The Morgan fingerprint density at radius 3 is 1.59 bits per heavy atom. The van der Waals surface area contributed by atoms with Crippen molar-refractivity contribution in [2.24, 2.45) is 0 Å². The van der Waals surface area contributed by atoms with Crippen LogP contribution in [0.2, 0.25) is 0 Å². The van der Waals surface area contributed by atoms with Crippen molar-refractivity contribution in [2.45, 2.75) is 72.5 Å². The zero-order valence-corrected chi connectivity index (χ0v) is 17.7. The van der Waals surface area contributed by atoms with Crippen LogP contribution in [0.3, 0.4) is 0 Å². The number of hydrogen-bond donors (Lipinski definition) is 1. The van der Waals surface area contributed by atoms with Crippen molar-refractivity contribution in [1.29, 1.82) is 0 Å². The highest BCUT2D eigenvalue weighted by atomic mass is 16.7. The van der Waals surface area contributed by atoms with Gasteiger partial charge in [-0.2, -0.15) is 0 Å². The van der Waals surface area contributed by atoms with Crippen LogP contribution >= 0.6 is 0 Å². The number of aromatic hydroxyl groups is 1. The van der Waals surface area contributed by atoms with Crippen molar-refractivity contribution in [2.75, 3.05) is 6.61 Å². The molecule has 0 aliphatic heterocycles. The lowest BCUT2D eigenvalue weighted by Gasteiger charge is -2.15. The molecule has 2 aromatic rings. The number of benzene rings is 2. The van der Waals surface area contributed by atoms with Gasteiger partial charge in [0.25, 0.3) is 0 Å². The van der Waals surface area contributed by atoms with Crippen molar-refractivity contribution >= 4 is 0 Å². The van der Waals surface area contributed by atoms with E-state index in [2.05, 4.69) is 39.8 Å². The van der Waals surface area contributed by atoms with Gasteiger partial charge in [0.1, 0.15) is 11.5 Å². The third-order valence-corrected chi connectivity index (χ3v) is 4.84. The maximum atomic E-state index is 9.01. The molecule has 2 aromatic carbocycles. The van der Waals surface area contributed by atoms with Crippen molar-refractivity contribution < 1.29 is 14.6 Å². The monoisotopic (exact) mass is 372 g/mol. The van der Waals surface area contributed by atoms with Crippen molar-refractivity contribution in [3.8, 4) is 11.5 Å². The summed E-state index contributed by atoms with van der Waals surface area (Å²) in [6.45, 7) is 13.3. The molecule has 2 rings (SSSR count). The number of phenolic OH excluding ortho intramolecular Hbond substituents is 1. The number of rotatable bonds is 8. The predicted molar refractivity (Wildman–Crippen MR) is 114 cm³/mol. The molecule has 0 aliphatic carbocycles. The van der Waals surface area contributed by atoms with Gasteiger partial charge in [0.05, 0.1) is 0 Å². The Kier molecular flexibility index (Phi) is 10.6. The lowest BCUT2D eigenvalue weighted by atomic mass is 9.99. The van der Waals surface area contributed by atoms with E-state index < -0.39 is 0 Å². The number of phenols is 1. The van der Waals surface area contributed by atoms with Crippen molar-refractivity contribution in [3.63, 3.8) is 0 Å². The Morgan fingerprint density at radius 2 is 1.19 bits per heavy atom. The smallest absolute Gasteiger partial charge is 0.196 e. The standard InChI is InChI=1S/C14H22O2.C10H14O/c1-5-11(3)13-7-9-14(10-8-13)16-12(4)15-6-2;1-3-8(2)9-4-6-10(11)7-5-9/h7-12H,5-6H2,1-4H3;4-8,11H,3H2,1-2H3. The van der Waals surface area contributed by atoms with Crippen LogP contribution in [0, 0.1) is 0 Å². The highest BCUT2D eigenvalue weighted by Gasteiger charge is 2.05. The molecule has 3 heteroatoms. The van der Waals surface area contributed by atoms with Crippen LogP contribution < -0.4 is 4.74 Å². The minimum atomic E-state index is -0.181. The van der Waals surface area contributed by atoms with Gasteiger partial charge in [-0.15, -0.1) is 0 Å². The maximum absolute atomic E-state index is 9.01. The quantitative estimate of drug-likeness (QED) is 0.514. The van der Waals surface area contributed by atoms with E-state index in [1.165, 1.54) is 11.1 Å². The molecule has 3 unspecified atom stereocenters. The lowest BCUT2D eigenvalue weighted by Crippen LogP contribution is -2.15. The Hall–Kier alpha value is -2.00. The van der Waals surface area contributed by atoms with Gasteiger partial charge < -0.3 is 14.6 Å². The van der Waals surface area contributed by atoms with Gasteiger partial charge in [-0.1, -0.05) is 52.0 Å². The van der Waals surface area contributed by atoms with E-state index in [1.54, 1.807) is 12.1 Å². The zero-order valence-electron chi connectivity index (χ0n) is 17.7.